The van der Waals surface area contributed by atoms with Crippen LogP contribution in [0.5, 0.6) is 0 Å². The number of nitrogens with one attached hydrogen (secondary N) is 2. The summed E-state index contributed by atoms with van der Waals surface area (Å²) in [5.74, 6) is -0.389. The molecule has 0 heterocycles. The summed E-state index contributed by atoms with van der Waals surface area (Å²) < 4.78 is 27.8. The van der Waals surface area contributed by atoms with E-state index < -0.39 is 10.0 Å². The van der Waals surface area contributed by atoms with Crippen molar-refractivity contribution in [1.29, 1.82) is 0 Å². The van der Waals surface area contributed by atoms with Crippen LogP contribution in [0.3, 0.4) is 0 Å². The number of benzene rings is 4. The van der Waals surface area contributed by atoms with Gasteiger partial charge in [0, 0.05) is 12.2 Å². The van der Waals surface area contributed by atoms with Gasteiger partial charge in [-0.3, -0.25) is 9.52 Å². The lowest BCUT2D eigenvalue weighted by molar-refractivity contribution is 0.0951. The van der Waals surface area contributed by atoms with E-state index in [1.165, 1.54) is 30.3 Å². The monoisotopic (exact) mass is 464 g/mol. The lowest BCUT2D eigenvalue weighted by Crippen LogP contribution is -2.23. The van der Waals surface area contributed by atoms with Crippen LogP contribution in [-0.4, -0.2) is 14.3 Å². The predicted octanol–water partition coefficient (Wildman–Crippen LogP) is 5.53. The van der Waals surface area contributed by atoms with Crippen LogP contribution < -0.4 is 10.0 Å². The third-order valence-corrected chi connectivity index (χ3v) is 6.79. The van der Waals surface area contributed by atoms with E-state index in [0.29, 0.717) is 6.54 Å². The summed E-state index contributed by atoms with van der Waals surface area (Å²) in [6.07, 6.45) is 0. The van der Waals surface area contributed by atoms with E-state index in [0.717, 1.165) is 21.9 Å². The van der Waals surface area contributed by atoms with Gasteiger partial charge in [0.2, 0.25) is 0 Å². The molecule has 0 saturated carbocycles. The van der Waals surface area contributed by atoms with Gasteiger partial charge >= 0.3 is 0 Å². The number of hydrogen-bond donors (Lipinski definition) is 2. The Labute approximate surface area is 192 Å². The first-order chi connectivity index (χ1) is 15.3. The third kappa shape index (κ3) is 4.93. The van der Waals surface area contributed by atoms with Crippen LogP contribution in [0.4, 0.5) is 5.69 Å². The number of hydrogen-bond acceptors (Lipinski definition) is 3. The van der Waals surface area contributed by atoms with E-state index in [-0.39, 0.29) is 27.1 Å². The molecule has 4 aromatic carbocycles. The van der Waals surface area contributed by atoms with Crippen molar-refractivity contribution >= 4 is 44.0 Å². The van der Waals surface area contributed by atoms with Gasteiger partial charge in [0.1, 0.15) is 0 Å². The van der Waals surface area contributed by atoms with Crippen molar-refractivity contribution in [2.45, 2.75) is 18.4 Å². The first kappa shape index (κ1) is 21.9. The average Bonchev–Trinajstić information content (AvgIpc) is 2.78. The van der Waals surface area contributed by atoms with Gasteiger partial charge < -0.3 is 5.32 Å². The maximum atomic E-state index is 12.8. The maximum Gasteiger partial charge on any atom is 0.261 e. The number of carbonyl (C=O) groups excluding carboxylic acids is 1. The van der Waals surface area contributed by atoms with E-state index >= 15 is 0 Å². The number of aryl methyl sites for hydroxylation is 1. The first-order valence-corrected chi connectivity index (χ1v) is 11.8. The molecule has 0 aliphatic heterocycles. The van der Waals surface area contributed by atoms with Crippen molar-refractivity contribution in [3.63, 3.8) is 0 Å². The van der Waals surface area contributed by atoms with Crippen LogP contribution in [0, 0.1) is 6.92 Å². The van der Waals surface area contributed by atoms with Gasteiger partial charge in [-0.2, -0.15) is 0 Å². The first-order valence-electron chi connectivity index (χ1n) is 9.97. The zero-order chi connectivity index (χ0) is 22.7. The Hall–Kier alpha value is -3.35. The van der Waals surface area contributed by atoms with Gasteiger partial charge in [0.05, 0.1) is 15.5 Å². The summed E-state index contributed by atoms with van der Waals surface area (Å²) in [4.78, 5) is 12.9. The Morgan fingerprint density at radius 1 is 0.875 bits per heavy atom. The van der Waals surface area contributed by atoms with Gasteiger partial charge in [-0.1, -0.05) is 65.7 Å². The molecule has 0 saturated heterocycles. The minimum absolute atomic E-state index is 0.139. The Balaban J connectivity index is 1.50. The van der Waals surface area contributed by atoms with Gasteiger partial charge in [-0.15, -0.1) is 0 Å². The minimum atomic E-state index is -3.79. The van der Waals surface area contributed by atoms with Crippen molar-refractivity contribution in [2.75, 3.05) is 4.72 Å². The standard InChI is InChI=1S/C25H21ClN2O3S/c1-17-6-11-22(12-7-17)32(30,31)28-21-10-13-24(26)23(15-21)25(29)27-16-18-8-9-19-4-2-3-5-20(19)14-18/h2-15,28H,16H2,1H3,(H,27,29). The number of fused-ring (bicyclic) bond motifs is 1. The predicted molar refractivity (Wildman–Crippen MR) is 129 cm³/mol. The van der Waals surface area contributed by atoms with Crippen molar-refractivity contribution in [1.82, 2.24) is 5.32 Å². The van der Waals surface area contributed by atoms with Gasteiger partial charge in [0.25, 0.3) is 15.9 Å². The molecule has 4 aromatic rings. The summed E-state index contributed by atoms with van der Waals surface area (Å²) in [6.45, 7) is 2.20. The normalized spacial score (nSPS) is 11.3. The Kier molecular flexibility index (Phi) is 6.17. The number of halogens is 1. The van der Waals surface area contributed by atoms with E-state index in [9.17, 15) is 13.2 Å². The molecule has 0 radical (unpaired) electrons. The van der Waals surface area contributed by atoms with Crippen molar-refractivity contribution < 1.29 is 13.2 Å². The number of carbonyl (C=O) groups is 1. The zero-order valence-corrected chi connectivity index (χ0v) is 18.9. The Bertz CT molecular complexity index is 1400. The highest BCUT2D eigenvalue weighted by Crippen LogP contribution is 2.23. The minimum Gasteiger partial charge on any atom is -0.348 e. The van der Waals surface area contributed by atoms with E-state index in [1.807, 2.05) is 49.4 Å². The average molecular weight is 465 g/mol. The largest absolute Gasteiger partial charge is 0.348 e. The molecule has 0 aliphatic carbocycles. The van der Waals surface area contributed by atoms with Crippen LogP contribution >= 0.6 is 11.6 Å². The molecule has 32 heavy (non-hydrogen) atoms. The molecular weight excluding hydrogens is 444 g/mol. The molecule has 0 fully saturated rings. The Morgan fingerprint density at radius 3 is 2.34 bits per heavy atom. The molecule has 0 spiro atoms. The lowest BCUT2D eigenvalue weighted by atomic mass is 10.1. The molecule has 4 rings (SSSR count). The maximum absolute atomic E-state index is 12.8. The van der Waals surface area contributed by atoms with Crippen molar-refractivity contribution in [3.8, 4) is 0 Å². The number of amides is 1. The highest BCUT2D eigenvalue weighted by Gasteiger charge is 2.17. The van der Waals surface area contributed by atoms with Gasteiger partial charge in [-0.05, 0) is 59.7 Å². The smallest absolute Gasteiger partial charge is 0.261 e. The van der Waals surface area contributed by atoms with Crippen LogP contribution in [0.1, 0.15) is 21.5 Å². The fourth-order valence-corrected chi connectivity index (χ4v) is 4.57. The van der Waals surface area contributed by atoms with Gasteiger partial charge in [0.15, 0.2) is 0 Å². The zero-order valence-electron chi connectivity index (χ0n) is 17.3. The number of sulfonamides is 1. The highest BCUT2D eigenvalue weighted by atomic mass is 35.5. The van der Waals surface area contributed by atoms with Gasteiger partial charge in [-0.25, -0.2) is 8.42 Å². The van der Waals surface area contributed by atoms with Crippen molar-refractivity contribution in [3.05, 3.63) is 107 Å². The van der Waals surface area contributed by atoms with Crippen LogP contribution in [-0.2, 0) is 16.6 Å². The fourth-order valence-electron chi connectivity index (χ4n) is 3.32. The Morgan fingerprint density at radius 2 is 1.59 bits per heavy atom. The number of rotatable bonds is 6. The van der Waals surface area contributed by atoms with Crippen LogP contribution in [0.2, 0.25) is 5.02 Å². The number of anilines is 1. The molecule has 2 N–H and O–H groups in total. The second-order valence-electron chi connectivity index (χ2n) is 7.48. The molecular formula is C25H21ClN2O3S. The molecule has 0 atom stereocenters. The molecule has 0 unspecified atom stereocenters. The molecule has 0 aromatic heterocycles. The summed E-state index contributed by atoms with van der Waals surface area (Å²) in [5.41, 5.74) is 2.35. The quantitative estimate of drug-likeness (QED) is 0.393. The summed E-state index contributed by atoms with van der Waals surface area (Å²) in [5, 5.41) is 5.30. The van der Waals surface area contributed by atoms with E-state index in [4.69, 9.17) is 11.6 Å². The molecule has 0 bridgehead atoms. The second-order valence-corrected chi connectivity index (χ2v) is 9.57. The molecule has 162 valence electrons. The third-order valence-electron chi connectivity index (χ3n) is 5.06. The molecule has 0 aliphatic rings. The van der Waals surface area contributed by atoms with Crippen molar-refractivity contribution in [2.24, 2.45) is 0 Å². The SMILES string of the molecule is Cc1ccc(S(=O)(=O)Nc2ccc(Cl)c(C(=O)NCc3ccc4ccccc4c3)c2)cc1. The highest BCUT2D eigenvalue weighted by molar-refractivity contribution is 7.92. The summed E-state index contributed by atoms with van der Waals surface area (Å²) >= 11 is 6.22. The van der Waals surface area contributed by atoms with E-state index in [2.05, 4.69) is 10.0 Å². The molecule has 7 heteroatoms. The lowest BCUT2D eigenvalue weighted by Gasteiger charge is -2.12. The molecule has 1 amide bonds. The summed E-state index contributed by atoms with van der Waals surface area (Å²) in [7, 11) is -3.79. The summed E-state index contributed by atoms with van der Waals surface area (Å²) in [6, 6.07) is 24.9. The second kappa shape index (κ2) is 9.02. The topological polar surface area (TPSA) is 75.3 Å². The van der Waals surface area contributed by atoms with Crippen LogP contribution in [0.15, 0.2) is 89.8 Å². The van der Waals surface area contributed by atoms with Crippen LogP contribution in [0.25, 0.3) is 10.8 Å². The van der Waals surface area contributed by atoms with E-state index in [1.54, 1.807) is 12.1 Å². The fraction of sp³-hybridized carbons (Fsp3) is 0.0800. The molecule has 5 nitrogen and oxygen atoms in total.